The van der Waals surface area contributed by atoms with Crippen LogP contribution in [-0.2, 0) is 11.2 Å². The van der Waals surface area contributed by atoms with Gasteiger partial charge in [-0.1, -0.05) is 49.4 Å². The average Bonchev–Trinajstić information content (AvgIpc) is 2.55. The Kier molecular flexibility index (Phi) is 6.01. The van der Waals surface area contributed by atoms with Crippen molar-refractivity contribution < 1.29 is 9.53 Å². The van der Waals surface area contributed by atoms with Crippen LogP contribution in [0.4, 0.5) is 0 Å². The van der Waals surface area contributed by atoms with Gasteiger partial charge in [0.15, 0.2) is 0 Å². The molecule has 0 heterocycles. The molecule has 2 aromatic carbocycles. The third-order valence-corrected chi connectivity index (χ3v) is 3.54. The van der Waals surface area contributed by atoms with Gasteiger partial charge in [-0.15, -0.1) is 0 Å². The molecule has 1 atom stereocenters. The number of hydrogen-bond donors (Lipinski definition) is 1. The van der Waals surface area contributed by atoms with E-state index in [9.17, 15) is 4.79 Å². The molecule has 1 N–H and O–H groups in total. The molecular formula is C19H23NO2. The second kappa shape index (κ2) is 8.23. The Labute approximate surface area is 132 Å². The van der Waals surface area contributed by atoms with Crippen LogP contribution in [0, 0.1) is 0 Å². The van der Waals surface area contributed by atoms with Gasteiger partial charge in [0.05, 0.1) is 19.1 Å². The summed E-state index contributed by atoms with van der Waals surface area (Å²) in [5, 5.41) is 3.10. The second-order valence-corrected chi connectivity index (χ2v) is 5.19. The highest BCUT2D eigenvalue weighted by Crippen LogP contribution is 2.17. The van der Waals surface area contributed by atoms with E-state index in [1.807, 2.05) is 61.5 Å². The predicted molar refractivity (Wildman–Crippen MR) is 88.9 cm³/mol. The molecule has 0 spiro atoms. The molecule has 2 aromatic rings. The molecule has 3 heteroatoms. The first-order chi connectivity index (χ1) is 10.7. The van der Waals surface area contributed by atoms with Gasteiger partial charge in [0.1, 0.15) is 5.75 Å². The van der Waals surface area contributed by atoms with Gasteiger partial charge >= 0.3 is 0 Å². The van der Waals surface area contributed by atoms with Crippen molar-refractivity contribution >= 4 is 5.91 Å². The fraction of sp³-hybridized carbons (Fsp3) is 0.316. The predicted octanol–water partition coefficient (Wildman–Crippen LogP) is 3.90. The first-order valence-electron chi connectivity index (χ1n) is 7.79. The number of carbonyl (C=O) groups excluding carboxylic acids is 1. The molecule has 0 saturated carbocycles. The summed E-state index contributed by atoms with van der Waals surface area (Å²) in [5.74, 6) is 0.877. The van der Waals surface area contributed by atoms with Crippen molar-refractivity contribution in [3.05, 3.63) is 65.7 Å². The summed E-state index contributed by atoms with van der Waals surface area (Å²) >= 11 is 0. The third kappa shape index (κ3) is 4.62. The minimum atomic E-state index is 0.0415. The molecule has 0 bridgehead atoms. The number of carbonyl (C=O) groups is 1. The van der Waals surface area contributed by atoms with Gasteiger partial charge < -0.3 is 10.1 Å². The molecule has 0 aliphatic carbocycles. The normalized spacial score (nSPS) is 11.7. The number of benzene rings is 2. The van der Waals surface area contributed by atoms with Crippen LogP contribution in [0.3, 0.4) is 0 Å². The molecule has 0 aliphatic rings. The Morgan fingerprint density at radius 3 is 2.32 bits per heavy atom. The average molecular weight is 297 g/mol. The van der Waals surface area contributed by atoms with Gasteiger partial charge in [-0.05, 0) is 36.6 Å². The van der Waals surface area contributed by atoms with Crippen LogP contribution in [0.25, 0.3) is 0 Å². The lowest BCUT2D eigenvalue weighted by Crippen LogP contribution is -2.29. The number of ether oxygens (including phenoxy) is 1. The maximum absolute atomic E-state index is 12.2. The van der Waals surface area contributed by atoms with Gasteiger partial charge in [0, 0.05) is 0 Å². The first-order valence-corrected chi connectivity index (χ1v) is 7.79. The Balaban J connectivity index is 1.94. The minimum absolute atomic E-state index is 0.0415. The number of rotatable bonds is 7. The molecule has 0 unspecified atom stereocenters. The second-order valence-electron chi connectivity index (χ2n) is 5.19. The summed E-state index contributed by atoms with van der Waals surface area (Å²) in [6.07, 6.45) is 1.26. The molecule has 0 radical (unpaired) electrons. The highest BCUT2D eigenvalue weighted by Gasteiger charge is 2.12. The van der Waals surface area contributed by atoms with E-state index in [1.165, 1.54) is 0 Å². The summed E-state index contributed by atoms with van der Waals surface area (Å²) in [6.45, 7) is 4.68. The Hall–Kier alpha value is -2.29. The van der Waals surface area contributed by atoms with E-state index >= 15 is 0 Å². The van der Waals surface area contributed by atoms with E-state index in [2.05, 4.69) is 12.2 Å². The molecule has 116 valence electrons. The lowest BCUT2D eigenvalue weighted by molar-refractivity contribution is -0.121. The smallest absolute Gasteiger partial charge is 0.224 e. The maximum atomic E-state index is 12.2. The van der Waals surface area contributed by atoms with Crippen LogP contribution >= 0.6 is 0 Å². The fourth-order valence-electron chi connectivity index (χ4n) is 2.41. The largest absolute Gasteiger partial charge is 0.494 e. The Morgan fingerprint density at radius 1 is 1.05 bits per heavy atom. The van der Waals surface area contributed by atoms with Crippen LogP contribution in [-0.4, -0.2) is 12.5 Å². The van der Waals surface area contributed by atoms with Crippen LogP contribution < -0.4 is 10.1 Å². The quantitative estimate of drug-likeness (QED) is 0.842. The topological polar surface area (TPSA) is 38.3 Å². The zero-order chi connectivity index (χ0) is 15.8. The van der Waals surface area contributed by atoms with Crippen molar-refractivity contribution in [3.8, 4) is 5.75 Å². The molecule has 3 nitrogen and oxygen atoms in total. The standard InChI is InChI=1S/C19H23NO2/c1-3-18(16-8-6-5-7-9-16)20-19(21)14-15-10-12-17(13-11-15)22-4-2/h5-13,18H,3-4,14H2,1-2H3,(H,20,21)/t18-/m1/s1. The monoisotopic (exact) mass is 297 g/mol. The number of nitrogens with one attached hydrogen (secondary N) is 1. The molecule has 0 aromatic heterocycles. The van der Waals surface area contributed by atoms with Crippen molar-refractivity contribution in [3.63, 3.8) is 0 Å². The SMILES string of the molecule is CCOc1ccc(CC(=O)N[C@H](CC)c2ccccc2)cc1. The van der Waals surface area contributed by atoms with Gasteiger partial charge in [0.2, 0.25) is 5.91 Å². The molecule has 0 saturated heterocycles. The van der Waals surface area contributed by atoms with Crippen molar-refractivity contribution in [1.29, 1.82) is 0 Å². The summed E-state index contributed by atoms with van der Waals surface area (Å²) < 4.78 is 5.41. The van der Waals surface area contributed by atoms with Crippen molar-refractivity contribution in [2.75, 3.05) is 6.61 Å². The molecular weight excluding hydrogens is 274 g/mol. The van der Waals surface area contributed by atoms with Crippen LogP contribution in [0.5, 0.6) is 5.75 Å². The summed E-state index contributed by atoms with van der Waals surface area (Å²) in [4.78, 5) is 12.2. The van der Waals surface area contributed by atoms with E-state index < -0.39 is 0 Å². The summed E-state index contributed by atoms with van der Waals surface area (Å²) in [6, 6.07) is 17.8. The lowest BCUT2D eigenvalue weighted by atomic mass is 10.0. The van der Waals surface area contributed by atoms with E-state index in [0.29, 0.717) is 13.0 Å². The van der Waals surface area contributed by atoms with E-state index in [1.54, 1.807) is 0 Å². The number of amides is 1. The molecule has 2 rings (SSSR count). The summed E-state index contributed by atoms with van der Waals surface area (Å²) in [7, 11) is 0. The highest BCUT2D eigenvalue weighted by atomic mass is 16.5. The Morgan fingerprint density at radius 2 is 1.73 bits per heavy atom. The highest BCUT2D eigenvalue weighted by molar-refractivity contribution is 5.79. The van der Waals surface area contributed by atoms with Crippen molar-refractivity contribution in [2.45, 2.75) is 32.7 Å². The minimum Gasteiger partial charge on any atom is -0.494 e. The molecule has 1 amide bonds. The van der Waals surface area contributed by atoms with Gasteiger partial charge in [-0.3, -0.25) is 4.79 Å². The van der Waals surface area contributed by atoms with Crippen LogP contribution in [0.2, 0.25) is 0 Å². The first kappa shape index (κ1) is 16.1. The van der Waals surface area contributed by atoms with Gasteiger partial charge in [-0.25, -0.2) is 0 Å². The third-order valence-electron chi connectivity index (χ3n) is 3.54. The van der Waals surface area contributed by atoms with Crippen LogP contribution in [0.1, 0.15) is 37.4 Å². The van der Waals surface area contributed by atoms with Crippen molar-refractivity contribution in [1.82, 2.24) is 5.32 Å². The van der Waals surface area contributed by atoms with Crippen molar-refractivity contribution in [2.24, 2.45) is 0 Å². The van der Waals surface area contributed by atoms with Crippen LogP contribution in [0.15, 0.2) is 54.6 Å². The van der Waals surface area contributed by atoms with E-state index in [0.717, 1.165) is 23.3 Å². The zero-order valence-corrected chi connectivity index (χ0v) is 13.2. The molecule has 0 fully saturated rings. The fourth-order valence-corrected chi connectivity index (χ4v) is 2.41. The molecule has 22 heavy (non-hydrogen) atoms. The van der Waals surface area contributed by atoms with E-state index in [4.69, 9.17) is 4.74 Å². The molecule has 0 aliphatic heterocycles. The summed E-state index contributed by atoms with van der Waals surface area (Å²) in [5.41, 5.74) is 2.13. The lowest BCUT2D eigenvalue weighted by Gasteiger charge is -2.17. The maximum Gasteiger partial charge on any atom is 0.224 e. The van der Waals surface area contributed by atoms with E-state index in [-0.39, 0.29) is 11.9 Å². The Bertz CT molecular complexity index is 578. The van der Waals surface area contributed by atoms with Gasteiger partial charge in [-0.2, -0.15) is 0 Å². The number of hydrogen-bond acceptors (Lipinski definition) is 2. The zero-order valence-electron chi connectivity index (χ0n) is 13.2. The van der Waals surface area contributed by atoms with Gasteiger partial charge in [0.25, 0.3) is 0 Å².